The molecule has 0 bridgehead atoms. The quantitative estimate of drug-likeness (QED) is 0.742. The SMILES string of the molecule is CCSC(SCC)[C@@H](O)[C@@H]1O[C@H](c2ccccc2)OC[C@H]1O. The Hall–Kier alpha value is -0.240. The van der Waals surface area contributed by atoms with Crippen LogP contribution in [0, 0.1) is 0 Å². The van der Waals surface area contributed by atoms with E-state index in [0.29, 0.717) is 0 Å². The highest BCUT2D eigenvalue weighted by Gasteiger charge is 2.39. The van der Waals surface area contributed by atoms with Crippen LogP contribution in [-0.4, -0.2) is 51.2 Å². The van der Waals surface area contributed by atoms with Gasteiger partial charge in [-0.3, -0.25) is 0 Å². The highest BCUT2D eigenvalue weighted by atomic mass is 32.2. The molecule has 4 nitrogen and oxygen atoms in total. The molecule has 124 valence electrons. The fourth-order valence-corrected chi connectivity index (χ4v) is 4.94. The molecule has 1 fully saturated rings. The Labute approximate surface area is 140 Å². The van der Waals surface area contributed by atoms with Gasteiger partial charge in [-0.2, -0.15) is 0 Å². The van der Waals surface area contributed by atoms with Crippen LogP contribution in [0.5, 0.6) is 0 Å². The van der Waals surface area contributed by atoms with Gasteiger partial charge in [-0.1, -0.05) is 44.2 Å². The third kappa shape index (κ3) is 4.63. The first-order valence-electron chi connectivity index (χ1n) is 7.58. The maximum Gasteiger partial charge on any atom is 0.184 e. The van der Waals surface area contributed by atoms with Crippen molar-refractivity contribution in [2.75, 3.05) is 18.1 Å². The van der Waals surface area contributed by atoms with Crippen LogP contribution in [-0.2, 0) is 9.47 Å². The maximum atomic E-state index is 10.6. The van der Waals surface area contributed by atoms with Gasteiger partial charge in [-0.15, -0.1) is 23.5 Å². The van der Waals surface area contributed by atoms with E-state index in [1.54, 1.807) is 23.5 Å². The third-order valence-corrected chi connectivity index (χ3v) is 6.13. The molecule has 4 atom stereocenters. The summed E-state index contributed by atoms with van der Waals surface area (Å²) < 4.78 is 11.4. The van der Waals surface area contributed by atoms with Crippen molar-refractivity contribution in [3.63, 3.8) is 0 Å². The standard InChI is InChI=1S/C16H24O4S2/c1-3-21-16(22-4-2)13(18)14-12(17)10-19-15(20-14)11-8-6-5-7-9-11/h5-9,12-18H,3-4,10H2,1-2H3/t12-,13+,14-,15-/m1/s1. The molecular weight excluding hydrogens is 320 g/mol. The van der Waals surface area contributed by atoms with Crippen LogP contribution in [0.4, 0.5) is 0 Å². The van der Waals surface area contributed by atoms with E-state index in [-0.39, 0.29) is 11.2 Å². The molecule has 1 aliphatic rings. The number of aliphatic hydroxyl groups is 2. The molecule has 0 amide bonds. The van der Waals surface area contributed by atoms with Crippen molar-refractivity contribution in [3.05, 3.63) is 35.9 Å². The molecule has 0 spiro atoms. The van der Waals surface area contributed by atoms with E-state index < -0.39 is 24.6 Å². The predicted octanol–water partition coefficient (Wildman–Crippen LogP) is 2.65. The highest BCUT2D eigenvalue weighted by Crippen LogP contribution is 2.34. The van der Waals surface area contributed by atoms with Crippen molar-refractivity contribution < 1.29 is 19.7 Å². The number of ether oxygens (including phenoxy) is 2. The molecule has 2 N–H and O–H groups in total. The lowest BCUT2D eigenvalue weighted by atomic mass is 10.1. The van der Waals surface area contributed by atoms with Crippen LogP contribution in [0.2, 0.25) is 0 Å². The Bertz CT molecular complexity index is 425. The van der Waals surface area contributed by atoms with E-state index in [9.17, 15) is 10.2 Å². The normalized spacial score (nSPS) is 27.0. The zero-order valence-electron chi connectivity index (χ0n) is 12.9. The molecule has 1 aromatic rings. The summed E-state index contributed by atoms with van der Waals surface area (Å²) in [5, 5.41) is 20.8. The Balaban J connectivity index is 2.07. The largest absolute Gasteiger partial charge is 0.388 e. The van der Waals surface area contributed by atoms with Gasteiger partial charge in [-0.25, -0.2) is 0 Å². The van der Waals surface area contributed by atoms with Gasteiger partial charge in [0.05, 0.1) is 11.2 Å². The second-order valence-electron chi connectivity index (χ2n) is 5.01. The molecule has 0 aromatic heterocycles. The lowest BCUT2D eigenvalue weighted by Crippen LogP contribution is -2.50. The van der Waals surface area contributed by atoms with Crippen molar-refractivity contribution in [1.82, 2.24) is 0 Å². The Kier molecular flexibility index (Phi) is 7.53. The molecule has 0 radical (unpaired) electrons. The van der Waals surface area contributed by atoms with Crippen LogP contribution in [0.25, 0.3) is 0 Å². The van der Waals surface area contributed by atoms with Gasteiger partial charge >= 0.3 is 0 Å². The van der Waals surface area contributed by atoms with E-state index in [2.05, 4.69) is 13.8 Å². The Morgan fingerprint density at radius 2 is 1.82 bits per heavy atom. The maximum absolute atomic E-state index is 10.6. The fourth-order valence-electron chi connectivity index (χ4n) is 2.38. The summed E-state index contributed by atoms with van der Waals surface area (Å²) in [7, 11) is 0. The zero-order chi connectivity index (χ0) is 15.9. The molecule has 0 saturated carbocycles. The Morgan fingerprint density at radius 3 is 2.41 bits per heavy atom. The number of hydrogen-bond acceptors (Lipinski definition) is 6. The van der Waals surface area contributed by atoms with Gasteiger partial charge in [0.15, 0.2) is 6.29 Å². The van der Waals surface area contributed by atoms with Gasteiger partial charge in [0, 0.05) is 5.56 Å². The summed E-state index contributed by atoms with van der Waals surface area (Å²) in [6.07, 6.45) is -2.72. The lowest BCUT2D eigenvalue weighted by Gasteiger charge is -2.38. The molecule has 0 unspecified atom stereocenters. The topological polar surface area (TPSA) is 58.9 Å². The Morgan fingerprint density at radius 1 is 1.18 bits per heavy atom. The molecular formula is C16H24O4S2. The zero-order valence-corrected chi connectivity index (χ0v) is 14.6. The fraction of sp³-hybridized carbons (Fsp3) is 0.625. The first-order chi connectivity index (χ1) is 10.7. The van der Waals surface area contributed by atoms with Gasteiger partial charge in [-0.05, 0) is 11.5 Å². The molecule has 1 heterocycles. The summed E-state index contributed by atoms with van der Waals surface area (Å²) in [4.78, 5) is 0. The second kappa shape index (κ2) is 9.15. The van der Waals surface area contributed by atoms with Crippen molar-refractivity contribution in [3.8, 4) is 0 Å². The summed E-state index contributed by atoms with van der Waals surface area (Å²) in [5.74, 6) is 1.83. The minimum absolute atomic E-state index is 0.0100. The van der Waals surface area contributed by atoms with E-state index >= 15 is 0 Å². The number of benzene rings is 1. The van der Waals surface area contributed by atoms with Crippen LogP contribution < -0.4 is 0 Å². The highest BCUT2D eigenvalue weighted by molar-refractivity contribution is 8.17. The minimum atomic E-state index is -0.813. The van der Waals surface area contributed by atoms with Crippen LogP contribution in [0.3, 0.4) is 0 Å². The van der Waals surface area contributed by atoms with Crippen LogP contribution in [0.15, 0.2) is 30.3 Å². The van der Waals surface area contributed by atoms with E-state index in [0.717, 1.165) is 17.1 Å². The molecule has 0 aliphatic carbocycles. The summed E-state index contributed by atoms with van der Waals surface area (Å²) >= 11 is 3.37. The van der Waals surface area contributed by atoms with Crippen molar-refractivity contribution in [1.29, 1.82) is 0 Å². The molecule has 2 rings (SSSR count). The average Bonchev–Trinajstić information content (AvgIpc) is 2.55. The van der Waals surface area contributed by atoms with E-state index in [4.69, 9.17) is 9.47 Å². The van der Waals surface area contributed by atoms with Gasteiger partial charge in [0.25, 0.3) is 0 Å². The first-order valence-corrected chi connectivity index (χ1v) is 9.68. The predicted molar refractivity (Wildman–Crippen MR) is 92.1 cm³/mol. The van der Waals surface area contributed by atoms with E-state index in [1.165, 1.54) is 0 Å². The third-order valence-electron chi connectivity index (χ3n) is 3.43. The minimum Gasteiger partial charge on any atom is -0.388 e. The molecule has 1 aromatic carbocycles. The van der Waals surface area contributed by atoms with Crippen molar-refractivity contribution >= 4 is 23.5 Å². The van der Waals surface area contributed by atoms with E-state index in [1.807, 2.05) is 30.3 Å². The van der Waals surface area contributed by atoms with Crippen LogP contribution >= 0.6 is 23.5 Å². The number of aliphatic hydroxyl groups excluding tert-OH is 2. The summed E-state index contributed by atoms with van der Waals surface area (Å²) in [5.41, 5.74) is 0.898. The monoisotopic (exact) mass is 344 g/mol. The van der Waals surface area contributed by atoms with Crippen molar-refractivity contribution in [2.24, 2.45) is 0 Å². The van der Waals surface area contributed by atoms with Crippen molar-refractivity contribution in [2.45, 2.75) is 43.0 Å². The number of hydrogen-bond donors (Lipinski definition) is 2. The van der Waals surface area contributed by atoms with Gasteiger partial charge in [0.2, 0.25) is 0 Å². The first kappa shape index (κ1) is 18.1. The lowest BCUT2D eigenvalue weighted by molar-refractivity contribution is -0.273. The number of rotatable bonds is 7. The van der Waals surface area contributed by atoms with Gasteiger partial charge in [0.1, 0.15) is 18.3 Å². The second-order valence-corrected chi connectivity index (χ2v) is 8.15. The molecule has 1 aliphatic heterocycles. The molecule has 1 saturated heterocycles. The summed E-state index contributed by atoms with van der Waals surface area (Å²) in [6.45, 7) is 4.30. The molecule has 22 heavy (non-hydrogen) atoms. The van der Waals surface area contributed by atoms with Crippen LogP contribution in [0.1, 0.15) is 25.7 Å². The summed E-state index contributed by atoms with van der Waals surface area (Å²) in [6, 6.07) is 9.61. The average molecular weight is 344 g/mol. The van der Waals surface area contributed by atoms with Gasteiger partial charge < -0.3 is 19.7 Å². The smallest absolute Gasteiger partial charge is 0.184 e. The molecule has 6 heteroatoms. The number of thioether (sulfide) groups is 2.